The van der Waals surface area contributed by atoms with Gasteiger partial charge < -0.3 is 9.64 Å². The maximum Gasteiger partial charge on any atom is 0.422 e. The molecule has 1 fully saturated rings. The van der Waals surface area contributed by atoms with E-state index in [2.05, 4.69) is 4.72 Å². The molecule has 0 spiro atoms. The van der Waals surface area contributed by atoms with Crippen molar-refractivity contribution in [1.29, 1.82) is 0 Å². The maximum absolute atomic E-state index is 14.2. The van der Waals surface area contributed by atoms with E-state index >= 15 is 0 Å². The van der Waals surface area contributed by atoms with Crippen molar-refractivity contribution in [3.8, 4) is 0 Å². The number of nitrogens with zero attached hydrogens (tertiary/aromatic N) is 2. The fourth-order valence-corrected chi connectivity index (χ4v) is 6.76. The number of halogens is 5. The highest BCUT2D eigenvalue weighted by Gasteiger charge is 2.38. The van der Waals surface area contributed by atoms with E-state index in [-0.39, 0.29) is 51.6 Å². The Morgan fingerprint density at radius 2 is 1.68 bits per heavy atom. The zero-order valence-corrected chi connectivity index (χ0v) is 27.4. The number of benzene rings is 2. The van der Waals surface area contributed by atoms with Crippen LogP contribution in [0.5, 0.6) is 0 Å². The van der Waals surface area contributed by atoms with Gasteiger partial charge in [-0.2, -0.15) is 26.3 Å². The van der Waals surface area contributed by atoms with Gasteiger partial charge in [-0.15, -0.1) is 0 Å². The first kappa shape index (κ1) is 35.8. The van der Waals surface area contributed by atoms with E-state index in [9.17, 15) is 39.6 Å². The third-order valence-electron chi connectivity index (χ3n) is 6.33. The van der Waals surface area contributed by atoms with Crippen LogP contribution in [0, 0.1) is 0 Å². The molecule has 1 heterocycles. The molecule has 0 bridgehead atoms. The quantitative estimate of drug-likeness (QED) is 0.386. The molecule has 2 aromatic carbocycles. The van der Waals surface area contributed by atoms with Crippen LogP contribution in [0.3, 0.4) is 0 Å². The van der Waals surface area contributed by atoms with Gasteiger partial charge in [0.05, 0.1) is 21.9 Å². The molecule has 18 heteroatoms. The van der Waals surface area contributed by atoms with Crippen LogP contribution in [0.25, 0.3) is 0 Å². The molecular formula is C26H31Cl2F3N4O7S2. The molecule has 2 amide bonds. The lowest BCUT2D eigenvalue weighted by Gasteiger charge is -2.39. The molecular weight excluding hydrogens is 672 g/mol. The smallest absolute Gasteiger partial charge is 0.422 e. The first-order chi connectivity index (χ1) is 20.0. The average molecular weight is 704 g/mol. The third kappa shape index (κ3) is 8.97. The summed E-state index contributed by atoms with van der Waals surface area (Å²) in [5.41, 5.74) is -3.04. The number of amides is 2. The first-order valence-corrected chi connectivity index (χ1v) is 16.9. The summed E-state index contributed by atoms with van der Waals surface area (Å²) in [4.78, 5) is 27.3. The van der Waals surface area contributed by atoms with Gasteiger partial charge in [-0.1, -0.05) is 30.1 Å². The summed E-state index contributed by atoms with van der Waals surface area (Å²) in [6.45, 7) is 5.71. The van der Waals surface area contributed by atoms with Gasteiger partial charge in [0.1, 0.15) is 5.60 Å². The molecule has 0 atom stereocenters. The number of carbonyl (C=O) groups excluding carboxylic acids is 2. The Morgan fingerprint density at radius 1 is 1.07 bits per heavy atom. The van der Waals surface area contributed by atoms with E-state index in [4.69, 9.17) is 27.9 Å². The van der Waals surface area contributed by atoms with Crippen molar-refractivity contribution >= 4 is 60.9 Å². The Bertz CT molecular complexity index is 1660. The molecule has 3 rings (SSSR count). The zero-order chi connectivity index (χ0) is 33.4. The van der Waals surface area contributed by atoms with Crippen molar-refractivity contribution in [2.75, 3.05) is 30.8 Å². The number of sulfone groups is 1. The predicted octanol–water partition coefficient (Wildman–Crippen LogP) is 4.63. The number of rotatable bonds is 9. The molecule has 0 saturated carbocycles. The summed E-state index contributed by atoms with van der Waals surface area (Å²) >= 11 is 12.3. The molecule has 0 aromatic heterocycles. The van der Waals surface area contributed by atoms with Gasteiger partial charge in [-0.3, -0.25) is 9.69 Å². The predicted molar refractivity (Wildman–Crippen MR) is 159 cm³/mol. The van der Waals surface area contributed by atoms with Crippen molar-refractivity contribution < 1.29 is 44.3 Å². The summed E-state index contributed by atoms with van der Waals surface area (Å²) < 4.78 is 101. The van der Waals surface area contributed by atoms with Gasteiger partial charge in [0.25, 0.3) is 5.91 Å². The highest BCUT2D eigenvalue weighted by molar-refractivity contribution is 7.91. The minimum absolute atomic E-state index is 0.00425. The number of nitrogens with one attached hydrogen (secondary N) is 2. The van der Waals surface area contributed by atoms with Crippen molar-refractivity contribution in [2.45, 2.75) is 57.0 Å². The normalized spacial score (nSPS) is 15.0. The molecule has 2 N–H and O–H groups in total. The van der Waals surface area contributed by atoms with E-state index in [1.54, 1.807) is 25.5 Å². The summed E-state index contributed by atoms with van der Waals surface area (Å²) in [7, 11) is -6.93. The second-order valence-electron chi connectivity index (χ2n) is 11.0. The van der Waals surface area contributed by atoms with Crippen molar-refractivity contribution in [3.05, 3.63) is 57.1 Å². The van der Waals surface area contributed by atoms with Crippen LogP contribution in [-0.4, -0.2) is 71.3 Å². The van der Waals surface area contributed by atoms with Crippen molar-refractivity contribution in [3.63, 3.8) is 0 Å². The lowest BCUT2D eigenvalue weighted by atomic mass is 10.00. The second kappa shape index (κ2) is 13.0. The van der Waals surface area contributed by atoms with E-state index in [1.807, 2.05) is 0 Å². The SMILES string of the molecule is CCS(=O)(=O)c1ccc(Cl)cc1N(C)C(=O)c1cc(Cl)c(CN2CC(NS(=O)(=O)NC(=O)OC(C)(C)C)C2)c(C(F)(F)F)c1. The number of hydrogen-bond donors (Lipinski definition) is 2. The molecule has 244 valence electrons. The van der Waals surface area contributed by atoms with Crippen molar-refractivity contribution in [1.82, 2.24) is 14.3 Å². The molecule has 11 nitrogen and oxygen atoms in total. The number of anilines is 1. The molecule has 1 saturated heterocycles. The van der Waals surface area contributed by atoms with E-state index in [0.717, 1.165) is 11.0 Å². The summed E-state index contributed by atoms with van der Waals surface area (Å²) in [6, 6.07) is 4.72. The lowest BCUT2D eigenvalue weighted by Crippen LogP contribution is -2.60. The molecule has 2 aromatic rings. The molecule has 0 unspecified atom stereocenters. The van der Waals surface area contributed by atoms with Gasteiger partial charge in [0, 0.05) is 48.3 Å². The number of hydrogen-bond acceptors (Lipinski definition) is 8. The van der Waals surface area contributed by atoms with Crippen LogP contribution in [0.1, 0.15) is 49.2 Å². The van der Waals surface area contributed by atoms with Gasteiger partial charge in [0.2, 0.25) is 0 Å². The average Bonchev–Trinajstić information content (AvgIpc) is 2.84. The van der Waals surface area contributed by atoms with Gasteiger partial charge >= 0.3 is 22.5 Å². The van der Waals surface area contributed by atoms with Gasteiger partial charge in [-0.25, -0.2) is 17.9 Å². The van der Waals surface area contributed by atoms with Crippen LogP contribution in [0.15, 0.2) is 35.2 Å². The molecule has 0 radical (unpaired) electrons. The Kier molecular flexibility index (Phi) is 10.6. The number of carbonyl (C=O) groups is 2. The van der Waals surface area contributed by atoms with Crippen LogP contribution < -0.4 is 14.3 Å². The zero-order valence-electron chi connectivity index (χ0n) is 24.3. The summed E-state index contributed by atoms with van der Waals surface area (Å²) in [5, 5.41) is -0.269. The van der Waals surface area contributed by atoms with E-state index in [0.29, 0.717) is 6.07 Å². The number of likely N-dealkylation sites (tertiary alicyclic amines) is 1. The minimum Gasteiger partial charge on any atom is -0.443 e. The Hall–Kier alpha value is -2.63. The fraction of sp³-hybridized carbons (Fsp3) is 0.462. The standard InChI is InChI=1S/C26H31Cl2F3N4O7S2/c1-6-43(38,39)22-8-7-16(27)11-21(22)34(5)23(36)15-9-19(26(29,30)31)18(20(28)10-15)14-35-12-17(13-35)32-44(40,41)33-24(37)42-25(2,3)4/h7-11,17,32H,6,12-14H2,1-5H3,(H,33,37). The summed E-state index contributed by atoms with van der Waals surface area (Å²) in [6.07, 6.45) is -6.12. The molecule has 0 aliphatic carbocycles. The van der Waals surface area contributed by atoms with Crippen LogP contribution in [0.4, 0.5) is 23.7 Å². The number of alkyl halides is 3. The minimum atomic E-state index is -4.93. The maximum atomic E-state index is 14.2. The Labute approximate surface area is 263 Å². The van der Waals surface area contributed by atoms with Crippen LogP contribution in [0.2, 0.25) is 10.0 Å². The molecule has 1 aliphatic rings. The lowest BCUT2D eigenvalue weighted by molar-refractivity contribution is -0.138. The topological polar surface area (TPSA) is 142 Å². The van der Waals surface area contributed by atoms with Crippen LogP contribution in [-0.2, 0) is 37.5 Å². The highest BCUT2D eigenvalue weighted by atomic mass is 35.5. The van der Waals surface area contributed by atoms with Crippen LogP contribution >= 0.6 is 23.2 Å². The molecule has 1 aliphatic heterocycles. The second-order valence-corrected chi connectivity index (χ2v) is 15.5. The van der Waals surface area contributed by atoms with E-state index in [1.165, 1.54) is 37.1 Å². The first-order valence-electron chi connectivity index (χ1n) is 13.0. The summed E-state index contributed by atoms with van der Waals surface area (Å²) in [5.74, 6) is -1.25. The third-order valence-corrected chi connectivity index (χ3v) is 9.75. The Morgan fingerprint density at radius 3 is 2.23 bits per heavy atom. The number of ether oxygens (including phenoxy) is 1. The molecule has 44 heavy (non-hydrogen) atoms. The Balaban J connectivity index is 1.80. The van der Waals surface area contributed by atoms with E-state index < -0.39 is 61.0 Å². The van der Waals surface area contributed by atoms with Gasteiger partial charge in [-0.05, 0) is 56.7 Å². The highest BCUT2D eigenvalue weighted by Crippen LogP contribution is 2.38. The van der Waals surface area contributed by atoms with Gasteiger partial charge in [0.15, 0.2) is 9.84 Å². The fourth-order valence-electron chi connectivity index (χ4n) is 4.30. The largest absolute Gasteiger partial charge is 0.443 e. The monoisotopic (exact) mass is 702 g/mol. The van der Waals surface area contributed by atoms with Crippen molar-refractivity contribution in [2.24, 2.45) is 0 Å².